The van der Waals surface area contributed by atoms with E-state index in [4.69, 9.17) is 4.74 Å². The van der Waals surface area contributed by atoms with Crippen LogP contribution in [0.5, 0.6) is 0 Å². The van der Waals surface area contributed by atoms with Crippen LogP contribution in [-0.2, 0) is 14.3 Å². The first kappa shape index (κ1) is 59.1. The van der Waals surface area contributed by atoms with Crippen LogP contribution in [0, 0.1) is 0 Å². The second kappa shape index (κ2) is 50.7. The molecule has 0 fully saturated rings. The molecule has 0 saturated heterocycles. The van der Waals surface area contributed by atoms with Crippen molar-refractivity contribution in [2.75, 3.05) is 13.2 Å². The van der Waals surface area contributed by atoms with Gasteiger partial charge in [-0.2, -0.15) is 0 Å². The summed E-state index contributed by atoms with van der Waals surface area (Å²) in [4.78, 5) is 24.4. The van der Waals surface area contributed by atoms with Gasteiger partial charge in [-0.1, -0.05) is 249 Å². The Balaban J connectivity index is 3.57. The number of amides is 1. The standard InChI is InChI=1S/C55H103NO5/c1-3-5-7-9-11-13-15-17-19-21-23-27-31-35-39-43-47-53(58)52(51-57)56-54(59)48-44-40-36-32-28-24-22-26-30-34-38-42-46-50-61-55(60)49-45-41-37-33-29-25-20-18-16-14-12-10-8-6-4-2/h24,28,36,40,43,47,52-53,57-58H,3-23,25-27,29-35,37-39,41-42,44-46,48-51H2,1-2H3,(H,56,59)/b28-24-,40-36-,47-43+. The normalized spacial score (nSPS) is 12.9. The SMILES string of the molecule is CCCCCCCCCCCCCCCC/C=C/C(O)C(CO)NC(=O)CC/C=C\C/C=C\CCCCCCCCOC(=O)CCCCCCCCCCCCCCCCC. The first-order chi connectivity index (χ1) is 30.0. The fourth-order valence-electron chi connectivity index (χ4n) is 8.04. The van der Waals surface area contributed by atoms with Crippen molar-refractivity contribution < 1.29 is 24.5 Å². The van der Waals surface area contributed by atoms with E-state index >= 15 is 0 Å². The number of ether oxygens (including phenoxy) is 1. The minimum Gasteiger partial charge on any atom is -0.466 e. The minimum absolute atomic E-state index is 0.0159. The number of nitrogens with one attached hydrogen (secondary N) is 1. The maximum atomic E-state index is 12.4. The topological polar surface area (TPSA) is 95.9 Å². The quantitative estimate of drug-likeness (QED) is 0.0322. The van der Waals surface area contributed by atoms with Crippen LogP contribution < -0.4 is 5.32 Å². The summed E-state index contributed by atoms with van der Waals surface area (Å²) in [6, 6.07) is -0.671. The lowest BCUT2D eigenvalue weighted by atomic mass is 10.0. The van der Waals surface area contributed by atoms with Gasteiger partial charge in [-0.3, -0.25) is 9.59 Å². The third kappa shape index (κ3) is 47.4. The molecule has 0 aromatic rings. The number of aliphatic hydroxyl groups is 2. The summed E-state index contributed by atoms with van der Waals surface area (Å²) in [6.45, 7) is 4.84. The highest BCUT2D eigenvalue weighted by Crippen LogP contribution is 2.16. The Kier molecular flexibility index (Phi) is 49.1. The van der Waals surface area contributed by atoms with E-state index in [1.165, 1.54) is 193 Å². The molecule has 1 amide bonds. The van der Waals surface area contributed by atoms with Crippen molar-refractivity contribution in [2.45, 2.75) is 289 Å². The number of hydrogen-bond acceptors (Lipinski definition) is 5. The van der Waals surface area contributed by atoms with Crippen LogP contribution in [0.4, 0.5) is 0 Å². The van der Waals surface area contributed by atoms with Gasteiger partial charge < -0.3 is 20.3 Å². The van der Waals surface area contributed by atoms with Gasteiger partial charge in [0.15, 0.2) is 0 Å². The number of rotatable bonds is 49. The summed E-state index contributed by atoms with van der Waals surface area (Å²) in [7, 11) is 0. The smallest absolute Gasteiger partial charge is 0.305 e. The van der Waals surface area contributed by atoms with Crippen LogP contribution in [0.3, 0.4) is 0 Å². The lowest BCUT2D eigenvalue weighted by Gasteiger charge is -2.19. The van der Waals surface area contributed by atoms with Crippen molar-refractivity contribution in [3.05, 3.63) is 36.5 Å². The maximum Gasteiger partial charge on any atom is 0.305 e. The molecular formula is C55H103NO5. The van der Waals surface area contributed by atoms with Crippen molar-refractivity contribution >= 4 is 11.9 Å². The van der Waals surface area contributed by atoms with Gasteiger partial charge in [0.1, 0.15) is 0 Å². The molecule has 2 atom stereocenters. The zero-order valence-corrected chi connectivity index (χ0v) is 40.6. The molecule has 0 heterocycles. The molecule has 0 saturated carbocycles. The van der Waals surface area contributed by atoms with Gasteiger partial charge in [0, 0.05) is 12.8 Å². The number of unbranched alkanes of at least 4 members (excludes halogenated alkanes) is 34. The van der Waals surface area contributed by atoms with E-state index in [1.807, 2.05) is 12.2 Å². The molecule has 358 valence electrons. The third-order valence-electron chi connectivity index (χ3n) is 12.2. The van der Waals surface area contributed by atoms with Crippen molar-refractivity contribution in [3.8, 4) is 0 Å². The average Bonchev–Trinajstić information content (AvgIpc) is 3.26. The van der Waals surface area contributed by atoms with E-state index in [2.05, 4.69) is 37.4 Å². The fraction of sp³-hybridized carbons (Fsp3) is 0.855. The second-order valence-corrected chi connectivity index (χ2v) is 18.2. The summed E-state index contributed by atoms with van der Waals surface area (Å²) in [5.74, 6) is -0.164. The molecule has 0 aliphatic carbocycles. The first-order valence-corrected chi connectivity index (χ1v) is 26.8. The number of allylic oxidation sites excluding steroid dienone is 5. The van der Waals surface area contributed by atoms with Crippen molar-refractivity contribution in [2.24, 2.45) is 0 Å². The molecule has 0 bridgehead atoms. The van der Waals surface area contributed by atoms with Crippen LogP contribution in [0.2, 0.25) is 0 Å². The Hall–Kier alpha value is -1.92. The second-order valence-electron chi connectivity index (χ2n) is 18.2. The molecule has 0 spiro atoms. The lowest BCUT2D eigenvalue weighted by Crippen LogP contribution is -2.45. The van der Waals surface area contributed by atoms with Crippen LogP contribution in [-0.4, -0.2) is 47.4 Å². The van der Waals surface area contributed by atoms with Gasteiger partial charge in [0.2, 0.25) is 5.91 Å². The van der Waals surface area contributed by atoms with Crippen molar-refractivity contribution in [3.63, 3.8) is 0 Å². The molecule has 61 heavy (non-hydrogen) atoms. The summed E-state index contributed by atoms with van der Waals surface area (Å²) in [5.41, 5.74) is 0. The van der Waals surface area contributed by atoms with E-state index in [-0.39, 0.29) is 18.5 Å². The zero-order chi connectivity index (χ0) is 44.4. The zero-order valence-electron chi connectivity index (χ0n) is 40.6. The molecule has 6 nitrogen and oxygen atoms in total. The van der Waals surface area contributed by atoms with Crippen LogP contribution in [0.25, 0.3) is 0 Å². The van der Waals surface area contributed by atoms with Gasteiger partial charge in [-0.05, 0) is 51.4 Å². The number of carbonyl (C=O) groups excluding carboxylic acids is 2. The highest BCUT2D eigenvalue weighted by Gasteiger charge is 2.17. The average molecular weight is 858 g/mol. The Labute approximate surface area is 379 Å². The Morgan fingerprint density at radius 1 is 0.459 bits per heavy atom. The predicted molar refractivity (Wildman–Crippen MR) is 264 cm³/mol. The Morgan fingerprint density at radius 2 is 0.836 bits per heavy atom. The molecule has 0 rings (SSSR count). The van der Waals surface area contributed by atoms with E-state index < -0.39 is 12.1 Å². The molecule has 2 unspecified atom stereocenters. The van der Waals surface area contributed by atoms with Crippen molar-refractivity contribution in [1.82, 2.24) is 5.32 Å². The molecule has 0 aromatic heterocycles. The predicted octanol–water partition coefficient (Wildman–Crippen LogP) is 16.1. The number of hydrogen-bond donors (Lipinski definition) is 3. The van der Waals surface area contributed by atoms with E-state index in [1.54, 1.807) is 6.08 Å². The van der Waals surface area contributed by atoms with E-state index in [0.717, 1.165) is 51.4 Å². The number of aliphatic hydroxyl groups excluding tert-OH is 2. The molecule has 0 radical (unpaired) electrons. The fourth-order valence-corrected chi connectivity index (χ4v) is 8.04. The molecule has 0 aromatic carbocycles. The van der Waals surface area contributed by atoms with Gasteiger partial charge in [-0.15, -0.1) is 0 Å². The number of esters is 1. The molecule has 0 aliphatic heterocycles. The van der Waals surface area contributed by atoms with Crippen LogP contribution in [0.15, 0.2) is 36.5 Å². The van der Waals surface area contributed by atoms with Crippen LogP contribution >= 0.6 is 0 Å². The Morgan fingerprint density at radius 3 is 1.28 bits per heavy atom. The molecule has 0 aliphatic rings. The Bertz CT molecular complexity index is 993. The first-order valence-electron chi connectivity index (χ1n) is 26.8. The monoisotopic (exact) mass is 858 g/mol. The summed E-state index contributed by atoms with van der Waals surface area (Å²) < 4.78 is 5.46. The summed E-state index contributed by atoms with van der Waals surface area (Å²) >= 11 is 0. The number of carbonyl (C=O) groups is 2. The van der Waals surface area contributed by atoms with E-state index in [9.17, 15) is 19.8 Å². The molecular weight excluding hydrogens is 755 g/mol. The minimum atomic E-state index is -0.879. The van der Waals surface area contributed by atoms with Gasteiger partial charge >= 0.3 is 5.97 Å². The highest BCUT2D eigenvalue weighted by molar-refractivity contribution is 5.76. The van der Waals surface area contributed by atoms with Crippen LogP contribution in [0.1, 0.15) is 277 Å². The highest BCUT2D eigenvalue weighted by atomic mass is 16.5. The largest absolute Gasteiger partial charge is 0.466 e. The van der Waals surface area contributed by atoms with E-state index in [0.29, 0.717) is 25.9 Å². The van der Waals surface area contributed by atoms with Gasteiger partial charge in [-0.25, -0.2) is 0 Å². The molecule has 6 heteroatoms. The summed E-state index contributed by atoms with van der Waals surface area (Å²) in [5, 5.41) is 23.0. The van der Waals surface area contributed by atoms with Gasteiger partial charge in [0.25, 0.3) is 0 Å². The maximum absolute atomic E-state index is 12.4. The lowest BCUT2D eigenvalue weighted by molar-refractivity contribution is -0.143. The van der Waals surface area contributed by atoms with Crippen molar-refractivity contribution in [1.29, 1.82) is 0 Å². The third-order valence-corrected chi connectivity index (χ3v) is 12.2. The summed E-state index contributed by atoms with van der Waals surface area (Å²) in [6.07, 6.45) is 61.6. The van der Waals surface area contributed by atoms with Gasteiger partial charge in [0.05, 0.1) is 25.4 Å². The molecule has 3 N–H and O–H groups in total.